The molecule has 0 saturated carbocycles. The molecule has 1 unspecified atom stereocenters. The molecule has 1 N–H and O–H groups in total. The van der Waals surface area contributed by atoms with Crippen molar-refractivity contribution in [2.45, 2.75) is 19.9 Å². The third-order valence-corrected chi connectivity index (χ3v) is 3.50. The minimum absolute atomic E-state index is 0.0657. The van der Waals surface area contributed by atoms with E-state index in [0.29, 0.717) is 22.9 Å². The molecule has 0 aliphatic carbocycles. The lowest BCUT2D eigenvalue weighted by molar-refractivity contribution is 0.268. The molecule has 0 aliphatic heterocycles. The maximum Gasteiger partial charge on any atom is 0.126 e. The fraction of sp³-hybridized carbons (Fsp3) is 0.294. The Balaban J connectivity index is 2.09. The second kappa shape index (κ2) is 7.43. The fourth-order valence-electron chi connectivity index (χ4n) is 2.08. The van der Waals surface area contributed by atoms with E-state index in [1.807, 2.05) is 25.1 Å². The molecule has 0 radical (unpaired) electrons. The molecule has 0 fully saturated rings. The summed E-state index contributed by atoms with van der Waals surface area (Å²) < 4.78 is 19.5. The van der Waals surface area contributed by atoms with Gasteiger partial charge in [0.15, 0.2) is 0 Å². The number of hydrogen-bond acceptors (Lipinski definition) is 2. The average molecular weight is 308 g/mol. The number of rotatable bonds is 6. The zero-order valence-electron chi connectivity index (χ0n) is 12.2. The maximum absolute atomic E-state index is 13.7. The molecule has 0 heterocycles. The monoisotopic (exact) mass is 307 g/mol. The van der Waals surface area contributed by atoms with Gasteiger partial charge in [-0.3, -0.25) is 0 Å². The summed E-state index contributed by atoms with van der Waals surface area (Å²) in [6.45, 7) is 4.95. The lowest BCUT2D eigenvalue weighted by Crippen LogP contribution is -2.26. The van der Waals surface area contributed by atoms with E-state index in [4.69, 9.17) is 16.3 Å². The molecule has 1 atom stereocenters. The topological polar surface area (TPSA) is 21.3 Å². The van der Waals surface area contributed by atoms with Crippen molar-refractivity contribution >= 4 is 11.6 Å². The van der Waals surface area contributed by atoms with E-state index in [9.17, 15) is 4.39 Å². The van der Waals surface area contributed by atoms with Gasteiger partial charge in [-0.15, -0.1) is 0 Å². The molecule has 0 aliphatic rings. The quantitative estimate of drug-likeness (QED) is 0.847. The Bertz CT molecular complexity index is 603. The summed E-state index contributed by atoms with van der Waals surface area (Å²) in [5.41, 5.74) is 1.52. The zero-order valence-corrected chi connectivity index (χ0v) is 13.0. The molecule has 112 valence electrons. The van der Waals surface area contributed by atoms with E-state index < -0.39 is 0 Å². The van der Waals surface area contributed by atoms with Crippen LogP contribution in [0.1, 0.15) is 24.1 Å². The molecule has 4 heteroatoms. The second-order valence-corrected chi connectivity index (χ2v) is 5.32. The highest BCUT2D eigenvalue weighted by atomic mass is 35.5. The van der Waals surface area contributed by atoms with E-state index in [1.165, 1.54) is 0 Å². The number of benzene rings is 2. The van der Waals surface area contributed by atoms with Gasteiger partial charge in [0.25, 0.3) is 0 Å². The second-order valence-electron chi connectivity index (χ2n) is 4.89. The van der Waals surface area contributed by atoms with Gasteiger partial charge in [-0.1, -0.05) is 36.7 Å². The predicted molar refractivity (Wildman–Crippen MR) is 84.5 cm³/mol. The van der Waals surface area contributed by atoms with Crippen molar-refractivity contribution in [2.75, 3.05) is 13.2 Å². The largest absolute Gasteiger partial charge is 0.492 e. The Labute approximate surface area is 129 Å². The van der Waals surface area contributed by atoms with Gasteiger partial charge in [-0.05, 0) is 48.9 Å². The van der Waals surface area contributed by atoms with Crippen LogP contribution in [0.15, 0.2) is 42.5 Å². The van der Waals surface area contributed by atoms with Crippen LogP contribution in [0.5, 0.6) is 5.75 Å². The van der Waals surface area contributed by atoms with E-state index in [0.717, 1.165) is 12.1 Å². The summed E-state index contributed by atoms with van der Waals surface area (Å²) in [7, 11) is 0. The molecule has 0 saturated heterocycles. The lowest BCUT2D eigenvalue weighted by atomic mass is 10.1. The minimum Gasteiger partial charge on any atom is -0.492 e. The van der Waals surface area contributed by atoms with Crippen LogP contribution in [-0.2, 0) is 0 Å². The van der Waals surface area contributed by atoms with Gasteiger partial charge < -0.3 is 10.1 Å². The van der Waals surface area contributed by atoms with E-state index >= 15 is 0 Å². The van der Waals surface area contributed by atoms with Crippen molar-refractivity contribution in [3.05, 3.63) is 64.4 Å². The summed E-state index contributed by atoms with van der Waals surface area (Å²) in [4.78, 5) is 0. The van der Waals surface area contributed by atoms with Gasteiger partial charge in [-0.2, -0.15) is 0 Å². The summed E-state index contributed by atoms with van der Waals surface area (Å²) in [6.07, 6.45) is 0. The first-order chi connectivity index (χ1) is 10.1. The Kier molecular flexibility index (Phi) is 5.59. The van der Waals surface area contributed by atoms with Crippen molar-refractivity contribution < 1.29 is 9.13 Å². The standard InChI is InChI=1S/C17H19ClFNO/c1-3-20-17(13-8-7-12(2)16(19)9-13)11-21-15-6-4-5-14(18)10-15/h4-10,17,20H,3,11H2,1-2H3. The summed E-state index contributed by atoms with van der Waals surface area (Å²) >= 11 is 5.93. The van der Waals surface area contributed by atoms with E-state index in [1.54, 1.807) is 31.2 Å². The normalized spacial score (nSPS) is 12.2. The Hall–Kier alpha value is -1.58. The Morgan fingerprint density at radius 3 is 2.71 bits per heavy atom. The summed E-state index contributed by atoms with van der Waals surface area (Å²) in [5.74, 6) is 0.510. The molecule has 0 bridgehead atoms. The zero-order chi connectivity index (χ0) is 15.2. The van der Waals surface area contributed by atoms with Crippen LogP contribution in [0.4, 0.5) is 4.39 Å². The molecule has 0 spiro atoms. The SMILES string of the molecule is CCNC(COc1cccc(Cl)c1)c1ccc(C)c(F)c1. The predicted octanol–water partition coefficient (Wildman–Crippen LogP) is 4.52. The van der Waals surface area contributed by atoms with Crippen LogP contribution in [0.3, 0.4) is 0 Å². The highest BCUT2D eigenvalue weighted by Crippen LogP contribution is 2.21. The van der Waals surface area contributed by atoms with E-state index in [-0.39, 0.29) is 11.9 Å². The van der Waals surface area contributed by atoms with Crippen LogP contribution >= 0.6 is 11.6 Å². The van der Waals surface area contributed by atoms with Gasteiger partial charge in [0, 0.05) is 5.02 Å². The van der Waals surface area contributed by atoms with Crippen LogP contribution in [0.2, 0.25) is 5.02 Å². The number of ether oxygens (including phenoxy) is 1. The van der Waals surface area contributed by atoms with Gasteiger partial charge in [0.1, 0.15) is 18.2 Å². The molecule has 2 aromatic rings. The molecular weight excluding hydrogens is 289 g/mol. The van der Waals surface area contributed by atoms with Crippen molar-refractivity contribution in [3.8, 4) is 5.75 Å². The first-order valence-electron chi connectivity index (χ1n) is 6.98. The first-order valence-corrected chi connectivity index (χ1v) is 7.35. The fourth-order valence-corrected chi connectivity index (χ4v) is 2.26. The number of nitrogens with one attached hydrogen (secondary N) is 1. The third kappa shape index (κ3) is 4.45. The minimum atomic E-state index is -0.196. The van der Waals surface area contributed by atoms with Gasteiger partial charge in [-0.25, -0.2) is 4.39 Å². The Morgan fingerprint density at radius 1 is 1.24 bits per heavy atom. The van der Waals surface area contributed by atoms with Crippen molar-refractivity contribution in [2.24, 2.45) is 0 Å². The third-order valence-electron chi connectivity index (χ3n) is 3.26. The van der Waals surface area contributed by atoms with Crippen LogP contribution < -0.4 is 10.1 Å². The highest BCUT2D eigenvalue weighted by molar-refractivity contribution is 6.30. The average Bonchev–Trinajstić information content (AvgIpc) is 2.46. The van der Waals surface area contributed by atoms with Crippen LogP contribution in [0.25, 0.3) is 0 Å². The molecule has 2 rings (SSSR count). The van der Waals surface area contributed by atoms with Crippen LogP contribution in [-0.4, -0.2) is 13.2 Å². The van der Waals surface area contributed by atoms with Crippen LogP contribution in [0, 0.1) is 12.7 Å². The number of likely N-dealkylation sites (N-methyl/N-ethyl adjacent to an activating group) is 1. The highest BCUT2D eigenvalue weighted by Gasteiger charge is 2.13. The number of aryl methyl sites for hydroxylation is 1. The molecule has 2 aromatic carbocycles. The molecule has 21 heavy (non-hydrogen) atoms. The molecule has 0 amide bonds. The van der Waals surface area contributed by atoms with Crippen molar-refractivity contribution in [1.82, 2.24) is 5.32 Å². The van der Waals surface area contributed by atoms with E-state index in [2.05, 4.69) is 5.32 Å². The van der Waals surface area contributed by atoms with Gasteiger partial charge in [0.2, 0.25) is 0 Å². The number of halogens is 2. The van der Waals surface area contributed by atoms with Crippen molar-refractivity contribution in [3.63, 3.8) is 0 Å². The molecular formula is C17H19ClFNO. The molecule has 0 aromatic heterocycles. The number of hydrogen-bond donors (Lipinski definition) is 1. The first kappa shape index (κ1) is 15.8. The smallest absolute Gasteiger partial charge is 0.126 e. The summed E-state index contributed by atoms with van der Waals surface area (Å²) in [6, 6.07) is 12.5. The van der Waals surface area contributed by atoms with Crippen molar-refractivity contribution in [1.29, 1.82) is 0 Å². The van der Waals surface area contributed by atoms with Gasteiger partial charge >= 0.3 is 0 Å². The van der Waals surface area contributed by atoms with Gasteiger partial charge in [0.05, 0.1) is 6.04 Å². The molecule has 2 nitrogen and oxygen atoms in total. The Morgan fingerprint density at radius 2 is 2.05 bits per heavy atom. The summed E-state index contributed by atoms with van der Waals surface area (Å²) in [5, 5.41) is 3.94. The maximum atomic E-state index is 13.7. The lowest BCUT2D eigenvalue weighted by Gasteiger charge is -2.19.